The predicted molar refractivity (Wildman–Crippen MR) is 72.7 cm³/mol. The van der Waals surface area contributed by atoms with Gasteiger partial charge in [0, 0.05) is 18.2 Å². The van der Waals surface area contributed by atoms with Gasteiger partial charge >= 0.3 is 5.69 Å². The van der Waals surface area contributed by atoms with Crippen LogP contribution in [0.5, 0.6) is 0 Å². The van der Waals surface area contributed by atoms with Crippen molar-refractivity contribution >= 4 is 0 Å². The monoisotopic (exact) mass is 292 g/mol. The first kappa shape index (κ1) is 14.1. The van der Waals surface area contributed by atoms with Gasteiger partial charge in [0.25, 0.3) is 5.56 Å². The van der Waals surface area contributed by atoms with Crippen LogP contribution in [0.3, 0.4) is 0 Å². The quantitative estimate of drug-likeness (QED) is 0.624. The highest BCUT2D eigenvalue weighted by Crippen LogP contribution is 2.39. The molecule has 0 radical (unpaired) electrons. The van der Waals surface area contributed by atoms with Crippen molar-refractivity contribution in [1.82, 2.24) is 9.55 Å². The zero-order valence-electron chi connectivity index (χ0n) is 11.3. The number of terminal acetylenes is 1. The number of ether oxygens (including phenoxy) is 1. The van der Waals surface area contributed by atoms with Gasteiger partial charge in [0.15, 0.2) is 5.60 Å². The second-order valence-corrected chi connectivity index (χ2v) is 5.54. The molecule has 1 aromatic rings. The summed E-state index contributed by atoms with van der Waals surface area (Å²) in [7, 11) is 0. The van der Waals surface area contributed by atoms with E-state index < -0.39 is 30.2 Å². The number of H-pyrrole nitrogens is 1. The van der Waals surface area contributed by atoms with Crippen LogP contribution in [0, 0.1) is 12.3 Å². The zero-order valence-corrected chi connectivity index (χ0v) is 11.3. The van der Waals surface area contributed by atoms with E-state index in [1.807, 2.05) is 0 Å². The molecule has 1 aliphatic heterocycles. The van der Waals surface area contributed by atoms with Crippen molar-refractivity contribution in [3.05, 3.63) is 32.6 Å². The van der Waals surface area contributed by atoms with E-state index in [1.54, 1.807) is 0 Å². The highest BCUT2D eigenvalue weighted by molar-refractivity contribution is 5.19. The van der Waals surface area contributed by atoms with E-state index >= 15 is 0 Å². The SMILES string of the molecule is C#C[C@]1(CO)OC(n2cc(C3CC3)c(=O)[nH]c2=O)C[C@@H]1O. The van der Waals surface area contributed by atoms with Crippen molar-refractivity contribution in [2.45, 2.75) is 43.1 Å². The van der Waals surface area contributed by atoms with Gasteiger partial charge in [-0.05, 0) is 18.8 Å². The first-order chi connectivity index (χ1) is 10.0. The van der Waals surface area contributed by atoms with Gasteiger partial charge in [-0.1, -0.05) is 5.92 Å². The van der Waals surface area contributed by atoms with Gasteiger partial charge in [-0.15, -0.1) is 6.42 Å². The molecule has 2 heterocycles. The number of rotatable bonds is 3. The number of aliphatic hydroxyl groups excluding tert-OH is 2. The molecule has 0 bridgehead atoms. The second-order valence-electron chi connectivity index (χ2n) is 5.54. The molecule has 2 fully saturated rings. The maximum absolute atomic E-state index is 11.9. The molecule has 3 atom stereocenters. The molecule has 3 rings (SSSR count). The molecule has 1 aliphatic carbocycles. The van der Waals surface area contributed by atoms with Gasteiger partial charge in [-0.3, -0.25) is 14.3 Å². The molecule has 0 aromatic carbocycles. The average molecular weight is 292 g/mol. The van der Waals surface area contributed by atoms with Crippen molar-refractivity contribution in [3.8, 4) is 12.3 Å². The molecule has 21 heavy (non-hydrogen) atoms. The van der Waals surface area contributed by atoms with Crippen molar-refractivity contribution in [1.29, 1.82) is 0 Å². The van der Waals surface area contributed by atoms with Crippen molar-refractivity contribution < 1.29 is 14.9 Å². The number of nitrogens with zero attached hydrogens (tertiary/aromatic N) is 1. The summed E-state index contributed by atoms with van der Waals surface area (Å²) in [5.74, 6) is 2.42. The minimum absolute atomic E-state index is 0.0703. The number of aromatic nitrogens is 2. The number of nitrogens with one attached hydrogen (secondary N) is 1. The highest BCUT2D eigenvalue weighted by Gasteiger charge is 2.47. The lowest BCUT2D eigenvalue weighted by Crippen LogP contribution is -2.41. The lowest BCUT2D eigenvalue weighted by molar-refractivity contribution is -0.0913. The largest absolute Gasteiger partial charge is 0.392 e. The Kier molecular flexibility index (Phi) is 3.24. The Bertz CT molecular complexity index is 711. The summed E-state index contributed by atoms with van der Waals surface area (Å²) in [5.41, 5.74) is -1.98. The minimum Gasteiger partial charge on any atom is -0.392 e. The van der Waals surface area contributed by atoms with Crippen LogP contribution in [0.15, 0.2) is 15.8 Å². The molecule has 2 aliphatic rings. The van der Waals surface area contributed by atoms with Gasteiger partial charge in [-0.2, -0.15) is 0 Å². The van der Waals surface area contributed by atoms with Crippen LogP contribution in [-0.2, 0) is 4.74 Å². The van der Waals surface area contributed by atoms with Crippen molar-refractivity contribution in [2.24, 2.45) is 0 Å². The van der Waals surface area contributed by atoms with Crippen LogP contribution >= 0.6 is 0 Å². The Morgan fingerprint density at radius 1 is 1.52 bits per heavy atom. The smallest absolute Gasteiger partial charge is 0.330 e. The van der Waals surface area contributed by atoms with Crippen molar-refractivity contribution in [2.75, 3.05) is 6.61 Å². The number of aromatic amines is 1. The van der Waals surface area contributed by atoms with Crippen molar-refractivity contribution in [3.63, 3.8) is 0 Å². The van der Waals surface area contributed by atoms with Crippen LogP contribution in [0.1, 0.15) is 37.0 Å². The number of hydrogen-bond acceptors (Lipinski definition) is 5. The standard InChI is InChI=1S/C14H16N2O5/c1-2-14(7-17)10(18)5-11(21-14)16-6-9(8-3-4-8)12(19)15-13(16)20/h1,6,8,10-11,17-18H,3-5,7H2,(H,15,19,20)/t10-,11?,14+/m0/s1. The van der Waals surface area contributed by atoms with E-state index in [4.69, 9.17) is 11.2 Å². The fourth-order valence-corrected chi connectivity index (χ4v) is 2.64. The van der Waals surface area contributed by atoms with Gasteiger partial charge in [0.1, 0.15) is 12.3 Å². The fraction of sp³-hybridized carbons (Fsp3) is 0.571. The lowest BCUT2D eigenvalue weighted by atomic mass is 9.99. The third-order valence-electron chi connectivity index (χ3n) is 4.11. The highest BCUT2D eigenvalue weighted by atomic mass is 16.6. The lowest BCUT2D eigenvalue weighted by Gasteiger charge is -2.24. The first-order valence-corrected chi connectivity index (χ1v) is 6.80. The van der Waals surface area contributed by atoms with Crippen LogP contribution in [-0.4, -0.2) is 38.1 Å². The van der Waals surface area contributed by atoms with E-state index in [-0.39, 0.29) is 17.9 Å². The predicted octanol–water partition coefficient (Wildman–Crippen LogP) is -0.942. The van der Waals surface area contributed by atoms with Gasteiger partial charge < -0.3 is 14.9 Å². The first-order valence-electron chi connectivity index (χ1n) is 6.80. The van der Waals surface area contributed by atoms with Crippen LogP contribution in [0.2, 0.25) is 0 Å². The normalized spacial score (nSPS) is 32.0. The van der Waals surface area contributed by atoms with Crippen LogP contribution in [0.4, 0.5) is 0 Å². The topological polar surface area (TPSA) is 105 Å². The summed E-state index contributed by atoms with van der Waals surface area (Å²) >= 11 is 0. The Morgan fingerprint density at radius 3 is 2.76 bits per heavy atom. The van der Waals surface area contributed by atoms with E-state index in [0.717, 1.165) is 12.8 Å². The summed E-state index contributed by atoms with van der Waals surface area (Å²) in [6.45, 7) is -0.547. The Labute approximate surface area is 120 Å². The molecular formula is C14H16N2O5. The third-order valence-corrected chi connectivity index (χ3v) is 4.11. The Hall–Kier alpha value is -1.88. The van der Waals surface area contributed by atoms with Gasteiger partial charge in [-0.25, -0.2) is 4.79 Å². The van der Waals surface area contributed by atoms with E-state index in [2.05, 4.69) is 10.9 Å². The molecule has 0 amide bonds. The molecule has 1 saturated carbocycles. The van der Waals surface area contributed by atoms with Gasteiger partial charge in [0.2, 0.25) is 0 Å². The molecule has 7 nitrogen and oxygen atoms in total. The molecular weight excluding hydrogens is 276 g/mol. The second kappa shape index (κ2) is 4.84. The summed E-state index contributed by atoms with van der Waals surface area (Å²) < 4.78 is 6.76. The number of hydrogen-bond donors (Lipinski definition) is 3. The Balaban J connectivity index is 1.99. The fourth-order valence-electron chi connectivity index (χ4n) is 2.64. The van der Waals surface area contributed by atoms with E-state index in [0.29, 0.717) is 5.56 Å². The summed E-state index contributed by atoms with van der Waals surface area (Å²) in [4.78, 5) is 26.0. The molecule has 1 unspecified atom stereocenters. The molecule has 0 spiro atoms. The molecule has 1 aromatic heterocycles. The number of aliphatic hydroxyl groups is 2. The van der Waals surface area contributed by atoms with Crippen LogP contribution in [0.25, 0.3) is 0 Å². The van der Waals surface area contributed by atoms with E-state index in [9.17, 15) is 19.8 Å². The summed E-state index contributed by atoms with van der Waals surface area (Å²) in [6, 6.07) is 0. The summed E-state index contributed by atoms with van der Waals surface area (Å²) in [5, 5.41) is 19.3. The zero-order chi connectivity index (χ0) is 15.2. The average Bonchev–Trinajstić information content (AvgIpc) is 3.23. The molecule has 1 saturated heterocycles. The maximum Gasteiger partial charge on any atom is 0.330 e. The maximum atomic E-state index is 11.9. The minimum atomic E-state index is -1.51. The van der Waals surface area contributed by atoms with E-state index in [1.165, 1.54) is 10.8 Å². The van der Waals surface area contributed by atoms with Gasteiger partial charge in [0.05, 0.1) is 6.61 Å². The molecule has 3 N–H and O–H groups in total. The molecule has 7 heteroatoms. The van der Waals surface area contributed by atoms with Crippen LogP contribution < -0.4 is 11.2 Å². The third kappa shape index (κ3) is 2.21. The molecule has 112 valence electrons. The summed E-state index contributed by atoms with van der Waals surface area (Å²) in [6.07, 6.45) is 6.80. The Morgan fingerprint density at radius 2 is 2.24 bits per heavy atom.